The van der Waals surface area contributed by atoms with E-state index in [0.717, 1.165) is 22.2 Å². The largest absolute Gasteiger partial charge is 0.323 e. The predicted octanol–water partition coefficient (Wildman–Crippen LogP) is 3.54. The highest BCUT2D eigenvalue weighted by Crippen LogP contribution is 2.14. The molecule has 100 valence electrons. The summed E-state index contributed by atoms with van der Waals surface area (Å²) in [4.78, 5) is 16.7. The number of carbonyl (C=O) groups is 1. The van der Waals surface area contributed by atoms with Gasteiger partial charge in [0.25, 0.3) is 0 Å². The van der Waals surface area contributed by atoms with E-state index in [4.69, 9.17) is 0 Å². The van der Waals surface area contributed by atoms with Gasteiger partial charge in [0.15, 0.2) is 5.78 Å². The molecule has 2 aromatic carbocycles. The van der Waals surface area contributed by atoms with Crippen molar-refractivity contribution < 1.29 is 4.79 Å². The van der Waals surface area contributed by atoms with E-state index >= 15 is 0 Å². The number of benzene rings is 2. The standard InChI is InChI=1S/C17H16N2O/c1-12-7-8-14(9-13(12)2)17(20)10-19-11-18-15-5-3-4-6-16(15)19/h3-9,11H,10H2,1-2H3. The molecule has 3 nitrogen and oxygen atoms in total. The molecule has 0 radical (unpaired) electrons. The molecule has 0 atom stereocenters. The summed E-state index contributed by atoms with van der Waals surface area (Å²) in [5, 5.41) is 0. The van der Waals surface area contributed by atoms with Gasteiger partial charge in [-0.15, -0.1) is 0 Å². The van der Waals surface area contributed by atoms with Crippen molar-refractivity contribution in [3.8, 4) is 0 Å². The number of fused-ring (bicyclic) bond motifs is 1. The van der Waals surface area contributed by atoms with E-state index in [1.807, 2.05) is 60.9 Å². The Morgan fingerprint density at radius 3 is 2.70 bits per heavy atom. The van der Waals surface area contributed by atoms with Crippen LogP contribution in [0, 0.1) is 13.8 Å². The summed E-state index contributed by atoms with van der Waals surface area (Å²) in [6.07, 6.45) is 1.73. The van der Waals surface area contributed by atoms with Crippen LogP contribution in [-0.4, -0.2) is 15.3 Å². The Balaban J connectivity index is 1.90. The monoisotopic (exact) mass is 264 g/mol. The zero-order valence-corrected chi connectivity index (χ0v) is 11.6. The summed E-state index contributed by atoms with van der Waals surface area (Å²) in [5.74, 6) is 0.108. The zero-order chi connectivity index (χ0) is 14.1. The molecule has 1 aromatic heterocycles. The minimum atomic E-state index is 0.108. The van der Waals surface area contributed by atoms with Gasteiger partial charge in [0.1, 0.15) is 0 Å². The Morgan fingerprint density at radius 2 is 1.90 bits per heavy atom. The molecule has 0 amide bonds. The van der Waals surface area contributed by atoms with E-state index in [1.165, 1.54) is 5.56 Å². The second kappa shape index (κ2) is 4.93. The fourth-order valence-electron chi connectivity index (χ4n) is 2.30. The van der Waals surface area contributed by atoms with Gasteiger partial charge in [-0.3, -0.25) is 4.79 Å². The van der Waals surface area contributed by atoms with Crippen LogP contribution >= 0.6 is 0 Å². The van der Waals surface area contributed by atoms with Gasteiger partial charge in [0.05, 0.1) is 23.9 Å². The zero-order valence-electron chi connectivity index (χ0n) is 11.6. The Bertz CT molecular complexity index is 787. The molecule has 0 bridgehead atoms. The van der Waals surface area contributed by atoms with Crippen LogP contribution in [0.15, 0.2) is 48.8 Å². The number of ketones is 1. The van der Waals surface area contributed by atoms with Crippen LogP contribution in [0.3, 0.4) is 0 Å². The molecule has 20 heavy (non-hydrogen) atoms. The maximum absolute atomic E-state index is 12.4. The van der Waals surface area contributed by atoms with Crippen molar-refractivity contribution >= 4 is 16.8 Å². The highest BCUT2D eigenvalue weighted by Gasteiger charge is 2.10. The van der Waals surface area contributed by atoms with Crippen LogP contribution in [0.4, 0.5) is 0 Å². The minimum Gasteiger partial charge on any atom is -0.323 e. The number of imidazole rings is 1. The first-order chi connectivity index (χ1) is 9.65. The van der Waals surface area contributed by atoms with E-state index in [-0.39, 0.29) is 5.78 Å². The number of hydrogen-bond acceptors (Lipinski definition) is 2. The van der Waals surface area contributed by atoms with Gasteiger partial charge in [0.2, 0.25) is 0 Å². The predicted molar refractivity (Wildman–Crippen MR) is 80.0 cm³/mol. The summed E-state index contributed by atoms with van der Waals surface area (Å²) >= 11 is 0. The van der Waals surface area contributed by atoms with Crippen molar-refractivity contribution in [3.63, 3.8) is 0 Å². The lowest BCUT2D eigenvalue weighted by atomic mass is 10.0. The number of hydrogen-bond donors (Lipinski definition) is 0. The van der Waals surface area contributed by atoms with E-state index in [1.54, 1.807) is 6.33 Å². The van der Waals surface area contributed by atoms with Crippen LogP contribution < -0.4 is 0 Å². The molecule has 0 aliphatic carbocycles. The number of Topliss-reactive ketones (excluding diaryl/α,β-unsaturated/α-hetero) is 1. The third-order valence-electron chi connectivity index (χ3n) is 3.67. The Morgan fingerprint density at radius 1 is 1.10 bits per heavy atom. The van der Waals surface area contributed by atoms with Gasteiger partial charge >= 0.3 is 0 Å². The third-order valence-corrected chi connectivity index (χ3v) is 3.67. The quantitative estimate of drug-likeness (QED) is 0.678. The van der Waals surface area contributed by atoms with Gasteiger partial charge in [-0.05, 0) is 43.2 Å². The average molecular weight is 264 g/mol. The Labute approximate surface area is 117 Å². The topological polar surface area (TPSA) is 34.9 Å². The molecule has 3 heteroatoms. The van der Waals surface area contributed by atoms with Crippen molar-refractivity contribution in [2.24, 2.45) is 0 Å². The number of rotatable bonds is 3. The molecular weight excluding hydrogens is 248 g/mol. The summed E-state index contributed by atoms with van der Waals surface area (Å²) in [7, 11) is 0. The lowest BCUT2D eigenvalue weighted by Gasteiger charge is -2.06. The van der Waals surface area contributed by atoms with Crippen molar-refractivity contribution in [2.45, 2.75) is 20.4 Å². The lowest BCUT2D eigenvalue weighted by molar-refractivity contribution is 0.0973. The van der Waals surface area contributed by atoms with Crippen LogP contribution in [0.1, 0.15) is 21.5 Å². The number of aromatic nitrogens is 2. The molecule has 0 aliphatic rings. The molecule has 3 aromatic rings. The third kappa shape index (κ3) is 2.23. The number of para-hydroxylation sites is 2. The van der Waals surface area contributed by atoms with Crippen LogP contribution in [0.5, 0.6) is 0 Å². The van der Waals surface area contributed by atoms with Crippen molar-refractivity contribution in [2.75, 3.05) is 0 Å². The molecule has 0 spiro atoms. The van der Waals surface area contributed by atoms with Crippen LogP contribution in [0.25, 0.3) is 11.0 Å². The fraction of sp³-hybridized carbons (Fsp3) is 0.176. The van der Waals surface area contributed by atoms with Gasteiger partial charge in [-0.2, -0.15) is 0 Å². The smallest absolute Gasteiger partial charge is 0.182 e. The molecule has 0 N–H and O–H groups in total. The van der Waals surface area contributed by atoms with E-state index in [9.17, 15) is 4.79 Å². The van der Waals surface area contributed by atoms with E-state index in [0.29, 0.717) is 6.54 Å². The van der Waals surface area contributed by atoms with Gasteiger partial charge < -0.3 is 4.57 Å². The van der Waals surface area contributed by atoms with E-state index in [2.05, 4.69) is 4.98 Å². The first-order valence-electron chi connectivity index (χ1n) is 6.65. The van der Waals surface area contributed by atoms with E-state index < -0.39 is 0 Å². The van der Waals surface area contributed by atoms with Crippen LogP contribution in [-0.2, 0) is 6.54 Å². The highest BCUT2D eigenvalue weighted by molar-refractivity contribution is 5.96. The first-order valence-corrected chi connectivity index (χ1v) is 6.65. The second-order valence-electron chi connectivity index (χ2n) is 5.08. The molecule has 3 rings (SSSR count). The molecule has 0 saturated carbocycles. The minimum absolute atomic E-state index is 0.108. The second-order valence-corrected chi connectivity index (χ2v) is 5.08. The molecule has 0 unspecified atom stereocenters. The Kier molecular flexibility index (Phi) is 3.11. The maximum Gasteiger partial charge on any atom is 0.182 e. The summed E-state index contributed by atoms with van der Waals surface area (Å²) in [6.45, 7) is 4.40. The van der Waals surface area contributed by atoms with Crippen molar-refractivity contribution in [1.82, 2.24) is 9.55 Å². The number of carbonyl (C=O) groups excluding carboxylic acids is 1. The summed E-state index contributed by atoms with van der Waals surface area (Å²) in [6, 6.07) is 13.7. The SMILES string of the molecule is Cc1ccc(C(=O)Cn2cnc3ccccc32)cc1C. The molecule has 0 aliphatic heterocycles. The molecular formula is C17H16N2O. The number of aryl methyl sites for hydroxylation is 2. The molecule has 0 fully saturated rings. The van der Waals surface area contributed by atoms with Gasteiger partial charge in [-0.1, -0.05) is 24.3 Å². The first kappa shape index (κ1) is 12.6. The average Bonchev–Trinajstić information content (AvgIpc) is 2.85. The highest BCUT2D eigenvalue weighted by atomic mass is 16.1. The molecule has 0 saturated heterocycles. The van der Waals surface area contributed by atoms with Crippen molar-refractivity contribution in [1.29, 1.82) is 0 Å². The van der Waals surface area contributed by atoms with Crippen LogP contribution in [0.2, 0.25) is 0 Å². The summed E-state index contributed by atoms with van der Waals surface area (Å²) in [5.41, 5.74) is 5.01. The normalized spacial score (nSPS) is 10.9. The lowest BCUT2D eigenvalue weighted by Crippen LogP contribution is -2.09. The van der Waals surface area contributed by atoms with Gasteiger partial charge in [-0.25, -0.2) is 4.98 Å². The fourth-order valence-corrected chi connectivity index (χ4v) is 2.30. The maximum atomic E-state index is 12.4. The number of nitrogens with zero attached hydrogens (tertiary/aromatic N) is 2. The van der Waals surface area contributed by atoms with Gasteiger partial charge in [0, 0.05) is 5.56 Å². The summed E-state index contributed by atoms with van der Waals surface area (Å²) < 4.78 is 1.90. The van der Waals surface area contributed by atoms with Crippen molar-refractivity contribution in [3.05, 3.63) is 65.5 Å². The Hall–Kier alpha value is -2.42. The molecule has 1 heterocycles.